The number of carbonyl (C=O) groups excluding carboxylic acids is 1. The Kier molecular flexibility index (Phi) is 4.80. The number of carbonyl (C=O) groups is 1. The SMILES string of the molecule is CS(=O)(=O)Nc1cccc2c1ccn2CC(=O)NCCn1cccc1. The highest BCUT2D eigenvalue weighted by atomic mass is 32.2. The lowest BCUT2D eigenvalue weighted by atomic mass is 10.2. The second-order valence-electron chi connectivity index (χ2n) is 5.83. The molecule has 0 spiro atoms. The summed E-state index contributed by atoms with van der Waals surface area (Å²) in [5.74, 6) is -0.0915. The summed E-state index contributed by atoms with van der Waals surface area (Å²) in [5.41, 5.74) is 1.31. The largest absolute Gasteiger partial charge is 0.353 e. The summed E-state index contributed by atoms with van der Waals surface area (Å²) in [5, 5.41) is 3.64. The number of benzene rings is 1. The first kappa shape index (κ1) is 17.1. The maximum Gasteiger partial charge on any atom is 0.240 e. The molecule has 0 aliphatic carbocycles. The molecule has 3 aromatic rings. The molecule has 2 N–H and O–H groups in total. The fourth-order valence-corrected chi connectivity index (χ4v) is 3.28. The summed E-state index contributed by atoms with van der Waals surface area (Å²) in [4.78, 5) is 12.1. The van der Waals surface area contributed by atoms with Crippen LogP contribution < -0.4 is 10.0 Å². The quantitative estimate of drug-likeness (QED) is 0.672. The Labute approximate surface area is 146 Å². The Morgan fingerprint density at radius 2 is 1.84 bits per heavy atom. The van der Waals surface area contributed by atoms with Crippen LogP contribution in [-0.2, 0) is 27.9 Å². The number of aromatic nitrogens is 2. The molecule has 0 aliphatic heterocycles. The molecule has 1 amide bonds. The molecule has 7 nitrogen and oxygen atoms in total. The molecule has 1 aromatic carbocycles. The van der Waals surface area contributed by atoms with E-state index in [1.54, 1.807) is 29.0 Å². The average molecular weight is 360 g/mol. The fraction of sp³-hybridized carbons (Fsp3) is 0.235. The number of hydrogen-bond donors (Lipinski definition) is 2. The van der Waals surface area contributed by atoms with Crippen molar-refractivity contribution in [2.45, 2.75) is 13.1 Å². The summed E-state index contributed by atoms with van der Waals surface area (Å²) in [6.07, 6.45) is 6.79. The zero-order valence-electron chi connectivity index (χ0n) is 13.8. The molecule has 8 heteroatoms. The van der Waals surface area contributed by atoms with E-state index in [1.165, 1.54) is 0 Å². The zero-order chi connectivity index (χ0) is 17.9. The maximum absolute atomic E-state index is 12.1. The third-order valence-corrected chi connectivity index (χ3v) is 4.37. The number of nitrogens with zero attached hydrogens (tertiary/aromatic N) is 2. The highest BCUT2D eigenvalue weighted by Crippen LogP contribution is 2.25. The maximum atomic E-state index is 12.1. The van der Waals surface area contributed by atoms with Gasteiger partial charge in [0, 0.05) is 37.1 Å². The van der Waals surface area contributed by atoms with Crippen LogP contribution in [0.2, 0.25) is 0 Å². The summed E-state index contributed by atoms with van der Waals surface area (Å²) in [6, 6.07) is 11.0. The lowest BCUT2D eigenvalue weighted by Crippen LogP contribution is -2.30. The van der Waals surface area contributed by atoms with E-state index < -0.39 is 10.0 Å². The zero-order valence-corrected chi connectivity index (χ0v) is 14.7. The van der Waals surface area contributed by atoms with Crippen molar-refractivity contribution in [3.05, 3.63) is 55.0 Å². The second-order valence-corrected chi connectivity index (χ2v) is 7.58. The summed E-state index contributed by atoms with van der Waals surface area (Å²) >= 11 is 0. The molecule has 0 saturated heterocycles. The molecule has 0 radical (unpaired) electrons. The highest BCUT2D eigenvalue weighted by Gasteiger charge is 2.11. The Hall–Kier alpha value is -2.74. The molecular formula is C17H20N4O3S. The van der Waals surface area contributed by atoms with Crippen molar-refractivity contribution in [2.24, 2.45) is 0 Å². The number of nitrogens with one attached hydrogen (secondary N) is 2. The number of hydrogen-bond acceptors (Lipinski definition) is 3. The minimum atomic E-state index is -3.36. The van der Waals surface area contributed by atoms with Gasteiger partial charge in [-0.2, -0.15) is 0 Å². The predicted octanol–water partition coefficient (Wildman–Crippen LogP) is 1.63. The van der Waals surface area contributed by atoms with Gasteiger partial charge in [-0.05, 0) is 30.3 Å². The Morgan fingerprint density at radius 1 is 1.08 bits per heavy atom. The van der Waals surface area contributed by atoms with Crippen LogP contribution in [0.15, 0.2) is 55.0 Å². The van der Waals surface area contributed by atoms with Crippen molar-refractivity contribution in [3.8, 4) is 0 Å². The van der Waals surface area contributed by atoms with E-state index in [9.17, 15) is 13.2 Å². The minimum Gasteiger partial charge on any atom is -0.353 e. The number of amides is 1. The smallest absolute Gasteiger partial charge is 0.240 e. The van der Waals surface area contributed by atoms with Crippen LogP contribution >= 0.6 is 0 Å². The van der Waals surface area contributed by atoms with Crippen molar-refractivity contribution in [3.63, 3.8) is 0 Å². The summed E-state index contributed by atoms with van der Waals surface area (Å²) < 4.78 is 29.2. The van der Waals surface area contributed by atoms with E-state index in [2.05, 4.69) is 10.0 Å². The Morgan fingerprint density at radius 3 is 2.56 bits per heavy atom. The van der Waals surface area contributed by atoms with Gasteiger partial charge in [0.15, 0.2) is 0 Å². The predicted molar refractivity (Wildman–Crippen MR) is 97.8 cm³/mol. The lowest BCUT2D eigenvalue weighted by Gasteiger charge is -2.09. The molecule has 132 valence electrons. The number of anilines is 1. The van der Waals surface area contributed by atoms with Gasteiger partial charge in [0.25, 0.3) is 0 Å². The molecule has 0 saturated carbocycles. The normalized spacial score (nSPS) is 11.6. The third kappa shape index (κ3) is 4.42. The molecule has 25 heavy (non-hydrogen) atoms. The first-order valence-electron chi connectivity index (χ1n) is 7.85. The van der Waals surface area contributed by atoms with Gasteiger partial charge in [-0.1, -0.05) is 6.07 Å². The van der Waals surface area contributed by atoms with E-state index in [0.717, 1.165) is 17.2 Å². The Bertz CT molecular complexity index is 975. The van der Waals surface area contributed by atoms with Crippen LogP contribution in [0.3, 0.4) is 0 Å². The standard InChI is InChI=1S/C17H20N4O3S/c1-25(23,24)19-15-5-4-6-16-14(15)7-11-21(16)13-17(22)18-8-12-20-9-2-3-10-20/h2-7,9-11,19H,8,12-13H2,1H3,(H,18,22). The van der Waals surface area contributed by atoms with E-state index >= 15 is 0 Å². The van der Waals surface area contributed by atoms with Gasteiger partial charge in [0.2, 0.25) is 15.9 Å². The van der Waals surface area contributed by atoms with Gasteiger partial charge in [0.1, 0.15) is 6.54 Å². The molecule has 0 aliphatic rings. The van der Waals surface area contributed by atoms with Crippen molar-refractivity contribution >= 4 is 32.5 Å². The van der Waals surface area contributed by atoms with Crippen LogP contribution in [0, 0.1) is 0 Å². The summed E-state index contributed by atoms with van der Waals surface area (Å²) in [6.45, 7) is 1.44. The van der Waals surface area contributed by atoms with Crippen molar-refractivity contribution in [1.29, 1.82) is 0 Å². The first-order valence-corrected chi connectivity index (χ1v) is 9.75. The van der Waals surface area contributed by atoms with Gasteiger partial charge in [0.05, 0.1) is 17.5 Å². The van der Waals surface area contributed by atoms with Gasteiger partial charge < -0.3 is 14.5 Å². The lowest BCUT2D eigenvalue weighted by molar-refractivity contribution is -0.121. The number of rotatable bonds is 7. The average Bonchev–Trinajstić information content (AvgIpc) is 3.17. The molecule has 0 unspecified atom stereocenters. The minimum absolute atomic E-state index is 0.0915. The van der Waals surface area contributed by atoms with Crippen LogP contribution in [0.4, 0.5) is 5.69 Å². The number of sulfonamides is 1. The van der Waals surface area contributed by atoms with Crippen LogP contribution in [0.25, 0.3) is 10.9 Å². The van der Waals surface area contributed by atoms with Gasteiger partial charge in [-0.25, -0.2) is 8.42 Å². The van der Waals surface area contributed by atoms with Crippen molar-refractivity contribution in [2.75, 3.05) is 17.5 Å². The van der Waals surface area contributed by atoms with E-state index in [1.807, 2.05) is 35.2 Å². The van der Waals surface area contributed by atoms with Gasteiger partial charge >= 0.3 is 0 Å². The number of fused-ring (bicyclic) bond motifs is 1. The van der Waals surface area contributed by atoms with Crippen molar-refractivity contribution in [1.82, 2.24) is 14.5 Å². The monoisotopic (exact) mass is 360 g/mol. The molecular weight excluding hydrogens is 340 g/mol. The highest BCUT2D eigenvalue weighted by molar-refractivity contribution is 7.92. The van der Waals surface area contributed by atoms with E-state index in [4.69, 9.17) is 0 Å². The molecule has 3 rings (SSSR count). The van der Waals surface area contributed by atoms with E-state index in [-0.39, 0.29) is 12.5 Å². The topological polar surface area (TPSA) is 85.1 Å². The molecule has 2 aromatic heterocycles. The van der Waals surface area contributed by atoms with Crippen LogP contribution in [0.5, 0.6) is 0 Å². The molecule has 0 atom stereocenters. The third-order valence-electron chi connectivity index (χ3n) is 3.78. The van der Waals surface area contributed by atoms with Crippen LogP contribution in [-0.4, -0.2) is 36.3 Å². The molecule has 0 fully saturated rings. The fourth-order valence-electron chi connectivity index (χ4n) is 2.70. The summed E-state index contributed by atoms with van der Waals surface area (Å²) in [7, 11) is -3.36. The second kappa shape index (κ2) is 7.02. The van der Waals surface area contributed by atoms with Gasteiger partial charge in [-0.15, -0.1) is 0 Å². The van der Waals surface area contributed by atoms with Crippen molar-refractivity contribution < 1.29 is 13.2 Å². The Balaban J connectivity index is 1.67. The molecule has 2 heterocycles. The van der Waals surface area contributed by atoms with Crippen LogP contribution in [0.1, 0.15) is 0 Å². The van der Waals surface area contributed by atoms with E-state index in [0.29, 0.717) is 18.8 Å². The van der Waals surface area contributed by atoms with Gasteiger partial charge in [-0.3, -0.25) is 9.52 Å². The first-order chi connectivity index (χ1) is 11.9. The molecule has 0 bridgehead atoms.